The summed E-state index contributed by atoms with van der Waals surface area (Å²) in [6, 6.07) is 8.03. The summed E-state index contributed by atoms with van der Waals surface area (Å²) in [4.78, 5) is 3.37. The van der Waals surface area contributed by atoms with Gasteiger partial charge in [-0.25, -0.2) is 8.42 Å². The van der Waals surface area contributed by atoms with Crippen LogP contribution in [0.4, 0.5) is 0 Å². The molecule has 1 N–H and O–H groups in total. The van der Waals surface area contributed by atoms with Crippen LogP contribution in [0.2, 0.25) is 0 Å². The summed E-state index contributed by atoms with van der Waals surface area (Å²) in [5.74, 6) is 0. The van der Waals surface area contributed by atoms with Gasteiger partial charge in [0.2, 0.25) is 10.0 Å². The normalized spacial score (nSPS) is 16.9. The molecule has 1 aromatic heterocycles. The van der Waals surface area contributed by atoms with Crippen LogP contribution in [0.5, 0.6) is 0 Å². The minimum absolute atomic E-state index is 0.0162. The number of alkyl halides is 1. The fourth-order valence-electron chi connectivity index (χ4n) is 2.45. The van der Waals surface area contributed by atoms with E-state index in [1.54, 1.807) is 4.31 Å². The maximum Gasteiger partial charge on any atom is 0.224 e. The average Bonchev–Trinajstić information content (AvgIpc) is 2.76. The summed E-state index contributed by atoms with van der Waals surface area (Å²) < 4.78 is 25.3. The molecule has 6 heteroatoms. The van der Waals surface area contributed by atoms with Crippen LogP contribution in [0.25, 0.3) is 10.9 Å². The fraction of sp³-hybridized carbons (Fsp3) is 0.333. The number of sulfonamides is 1. The number of para-hydroxylation sites is 1. The Morgan fingerprint density at radius 2 is 2.11 bits per heavy atom. The largest absolute Gasteiger partial charge is 0.358 e. The number of nitrogens with zero attached hydrogens (tertiary/aromatic N) is 1. The van der Waals surface area contributed by atoms with Crippen molar-refractivity contribution in [2.75, 3.05) is 11.2 Å². The Labute approximate surface area is 114 Å². The lowest BCUT2D eigenvalue weighted by Crippen LogP contribution is -2.36. The molecule has 4 nitrogen and oxygen atoms in total. The van der Waals surface area contributed by atoms with E-state index in [0.717, 1.165) is 28.6 Å². The third-order valence-corrected chi connectivity index (χ3v) is 6.49. The van der Waals surface area contributed by atoms with Crippen LogP contribution >= 0.6 is 15.9 Å². The monoisotopic (exact) mass is 328 g/mol. The molecule has 0 atom stereocenters. The average molecular weight is 329 g/mol. The Morgan fingerprint density at radius 3 is 2.89 bits per heavy atom. The summed E-state index contributed by atoms with van der Waals surface area (Å²) in [5.41, 5.74) is 3.36. The molecule has 1 aliphatic rings. The molecule has 96 valence electrons. The first kappa shape index (κ1) is 12.2. The van der Waals surface area contributed by atoms with Crippen molar-refractivity contribution in [2.45, 2.75) is 13.0 Å². The second-order valence-corrected chi connectivity index (χ2v) is 7.70. The maximum atomic E-state index is 11.9. The molecule has 18 heavy (non-hydrogen) atoms. The predicted octanol–water partition coefficient (Wildman–Crippen LogP) is 2.21. The van der Waals surface area contributed by atoms with Gasteiger partial charge in [0, 0.05) is 36.1 Å². The quantitative estimate of drug-likeness (QED) is 0.859. The number of hydrogen-bond donors (Lipinski definition) is 1. The molecule has 1 aliphatic heterocycles. The van der Waals surface area contributed by atoms with Crippen LogP contribution in [-0.4, -0.2) is 28.9 Å². The molecule has 2 heterocycles. The molecule has 0 bridgehead atoms. The van der Waals surface area contributed by atoms with Crippen LogP contribution in [0.3, 0.4) is 0 Å². The zero-order chi connectivity index (χ0) is 12.8. The van der Waals surface area contributed by atoms with Gasteiger partial charge < -0.3 is 4.98 Å². The Balaban J connectivity index is 2.07. The van der Waals surface area contributed by atoms with Gasteiger partial charge in [-0.3, -0.25) is 0 Å². The highest BCUT2D eigenvalue weighted by atomic mass is 79.9. The van der Waals surface area contributed by atoms with Gasteiger partial charge in [0.25, 0.3) is 0 Å². The zero-order valence-corrected chi connectivity index (χ0v) is 12.1. The number of nitrogens with one attached hydrogen (secondary N) is 1. The second-order valence-electron chi connectivity index (χ2n) is 4.43. The summed E-state index contributed by atoms with van der Waals surface area (Å²) in [5, 5.41) is 1.13. The molecule has 1 aromatic carbocycles. The molecule has 0 radical (unpaired) electrons. The van der Waals surface area contributed by atoms with E-state index in [9.17, 15) is 8.42 Å². The maximum absolute atomic E-state index is 11.9. The smallest absolute Gasteiger partial charge is 0.224 e. The van der Waals surface area contributed by atoms with E-state index in [4.69, 9.17) is 0 Å². The van der Waals surface area contributed by atoms with Gasteiger partial charge in [-0.1, -0.05) is 34.1 Å². The van der Waals surface area contributed by atoms with Crippen molar-refractivity contribution in [1.29, 1.82) is 0 Å². The molecule has 2 aromatic rings. The summed E-state index contributed by atoms with van der Waals surface area (Å²) in [6.07, 6.45) is 0.746. The van der Waals surface area contributed by atoms with Crippen LogP contribution in [0.15, 0.2) is 24.3 Å². The number of hydrogen-bond acceptors (Lipinski definition) is 2. The Morgan fingerprint density at radius 1 is 1.33 bits per heavy atom. The summed E-state index contributed by atoms with van der Waals surface area (Å²) >= 11 is 3.05. The Kier molecular flexibility index (Phi) is 2.96. The second kappa shape index (κ2) is 4.36. The lowest BCUT2D eigenvalue weighted by atomic mass is 10.1. The lowest BCUT2D eigenvalue weighted by Gasteiger charge is -2.25. The van der Waals surface area contributed by atoms with Crippen molar-refractivity contribution in [1.82, 2.24) is 9.29 Å². The van der Waals surface area contributed by atoms with E-state index in [2.05, 4.69) is 20.9 Å². The highest BCUT2D eigenvalue weighted by Crippen LogP contribution is 2.28. The molecule has 0 spiro atoms. The minimum atomic E-state index is -3.17. The van der Waals surface area contributed by atoms with Crippen LogP contribution in [0, 0.1) is 0 Å². The molecular formula is C12H13BrN2O2S. The highest BCUT2D eigenvalue weighted by Gasteiger charge is 2.27. The first-order valence-electron chi connectivity index (χ1n) is 5.74. The first-order chi connectivity index (χ1) is 8.62. The first-order valence-corrected chi connectivity index (χ1v) is 8.47. The number of aromatic amines is 1. The van der Waals surface area contributed by atoms with Crippen molar-refractivity contribution in [3.63, 3.8) is 0 Å². The number of H-pyrrole nitrogens is 1. The van der Waals surface area contributed by atoms with Crippen LogP contribution < -0.4 is 0 Å². The van der Waals surface area contributed by atoms with E-state index in [-0.39, 0.29) is 4.66 Å². The SMILES string of the molecule is O=S(=O)(CBr)N1CCc2[nH]c3ccccc3c2C1. The van der Waals surface area contributed by atoms with E-state index in [1.165, 1.54) is 0 Å². The molecule has 0 unspecified atom stereocenters. The number of rotatable bonds is 2. The Hall–Kier alpha value is -0.850. The number of fused-ring (bicyclic) bond motifs is 3. The van der Waals surface area contributed by atoms with Gasteiger partial charge in [0.1, 0.15) is 4.66 Å². The number of aromatic nitrogens is 1. The molecule has 0 aliphatic carbocycles. The van der Waals surface area contributed by atoms with Crippen molar-refractivity contribution < 1.29 is 8.42 Å². The lowest BCUT2D eigenvalue weighted by molar-refractivity contribution is 0.394. The molecule has 3 rings (SSSR count). The van der Waals surface area contributed by atoms with E-state index >= 15 is 0 Å². The number of halogens is 1. The van der Waals surface area contributed by atoms with Crippen molar-refractivity contribution in [3.05, 3.63) is 35.5 Å². The molecule has 0 saturated carbocycles. The van der Waals surface area contributed by atoms with Crippen LogP contribution in [0.1, 0.15) is 11.3 Å². The van der Waals surface area contributed by atoms with Crippen molar-refractivity contribution in [3.8, 4) is 0 Å². The minimum Gasteiger partial charge on any atom is -0.358 e. The van der Waals surface area contributed by atoms with Gasteiger partial charge in [-0.2, -0.15) is 4.31 Å². The summed E-state index contributed by atoms with van der Waals surface area (Å²) in [6.45, 7) is 1.01. The van der Waals surface area contributed by atoms with Crippen molar-refractivity contribution >= 4 is 36.9 Å². The highest BCUT2D eigenvalue weighted by molar-refractivity contribution is 9.10. The molecule has 0 fully saturated rings. The van der Waals surface area contributed by atoms with Gasteiger partial charge in [0.05, 0.1) is 0 Å². The predicted molar refractivity (Wildman–Crippen MR) is 75.1 cm³/mol. The van der Waals surface area contributed by atoms with Gasteiger partial charge >= 0.3 is 0 Å². The third-order valence-electron chi connectivity index (χ3n) is 3.38. The Bertz CT molecular complexity index is 693. The van der Waals surface area contributed by atoms with Crippen molar-refractivity contribution in [2.24, 2.45) is 0 Å². The fourth-order valence-corrected chi connectivity index (χ4v) is 4.15. The van der Waals surface area contributed by atoms with E-state index in [0.29, 0.717) is 13.1 Å². The zero-order valence-electron chi connectivity index (χ0n) is 9.69. The van der Waals surface area contributed by atoms with E-state index < -0.39 is 10.0 Å². The van der Waals surface area contributed by atoms with Crippen LogP contribution in [-0.2, 0) is 23.0 Å². The summed E-state index contributed by atoms with van der Waals surface area (Å²) in [7, 11) is -3.17. The third kappa shape index (κ3) is 1.88. The molecule has 0 saturated heterocycles. The number of benzene rings is 1. The van der Waals surface area contributed by atoms with E-state index in [1.807, 2.05) is 24.3 Å². The van der Waals surface area contributed by atoms with Gasteiger partial charge in [0.15, 0.2) is 0 Å². The van der Waals surface area contributed by atoms with Gasteiger partial charge in [-0.15, -0.1) is 0 Å². The molecular weight excluding hydrogens is 316 g/mol. The topological polar surface area (TPSA) is 53.2 Å². The van der Waals surface area contributed by atoms with Gasteiger partial charge in [-0.05, 0) is 11.6 Å². The molecule has 0 amide bonds. The standard InChI is InChI=1S/C12H13BrN2O2S/c13-8-18(16,17)15-6-5-12-10(7-15)9-3-1-2-4-11(9)14-12/h1-4,14H,5-8H2.